The maximum absolute atomic E-state index is 13.2. The molecule has 1 heterocycles. The van der Waals surface area contributed by atoms with Gasteiger partial charge in [0.05, 0.1) is 16.5 Å². The maximum Gasteiger partial charge on any atom is 0.341 e. The first kappa shape index (κ1) is 23.5. The van der Waals surface area contributed by atoms with Crippen molar-refractivity contribution in [1.82, 2.24) is 4.90 Å². The minimum Gasteiger partial charge on any atom is -0.459 e. The van der Waals surface area contributed by atoms with Crippen LogP contribution < -0.4 is 5.32 Å². The normalized spacial score (nSPS) is 10.9. The van der Waals surface area contributed by atoms with Crippen LogP contribution in [0.1, 0.15) is 63.6 Å². The number of ether oxygens (including phenoxy) is 1. The summed E-state index contributed by atoms with van der Waals surface area (Å²) in [4.78, 5) is 41.2. The molecule has 32 heavy (non-hydrogen) atoms. The van der Waals surface area contributed by atoms with Crippen molar-refractivity contribution >= 4 is 44.9 Å². The third-order valence-corrected chi connectivity index (χ3v) is 6.40. The second-order valence-corrected chi connectivity index (χ2v) is 8.69. The number of carbonyl (C=O) groups is 3. The molecule has 2 aromatic carbocycles. The molecule has 0 aliphatic heterocycles. The van der Waals surface area contributed by atoms with Crippen LogP contribution in [0.15, 0.2) is 42.5 Å². The summed E-state index contributed by atoms with van der Waals surface area (Å²) in [5.74, 6) is -1.06. The van der Waals surface area contributed by atoms with E-state index in [1.165, 1.54) is 0 Å². The van der Waals surface area contributed by atoms with Crippen LogP contribution in [0.2, 0.25) is 0 Å². The largest absolute Gasteiger partial charge is 0.459 e. The van der Waals surface area contributed by atoms with Crippen LogP contribution in [0, 0.1) is 6.92 Å². The molecule has 1 N–H and O–H groups in total. The maximum atomic E-state index is 13.2. The molecule has 3 rings (SSSR count). The molecule has 0 bridgehead atoms. The van der Waals surface area contributed by atoms with E-state index >= 15 is 0 Å². The topological polar surface area (TPSA) is 75.7 Å². The number of carbonyl (C=O) groups excluding carboxylic acids is 3. The highest BCUT2D eigenvalue weighted by Crippen LogP contribution is 2.35. The molecular formula is C25H28N2O4S. The lowest BCUT2D eigenvalue weighted by Gasteiger charge is -2.18. The molecule has 2 amide bonds. The molecule has 7 heteroatoms. The first-order chi connectivity index (χ1) is 15.3. The molecule has 0 radical (unpaired) electrons. The van der Waals surface area contributed by atoms with Gasteiger partial charge in [0.1, 0.15) is 5.00 Å². The number of hydrogen-bond acceptors (Lipinski definition) is 5. The first-order valence-corrected chi connectivity index (χ1v) is 11.5. The Bertz CT molecular complexity index is 1160. The second kappa shape index (κ2) is 9.96. The van der Waals surface area contributed by atoms with Crippen molar-refractivity contribution in [3.63, 3.8) is 0 Å². The zero-order chi connectivity index (χ0) is 23.4. The van der Waals surface area contributed by atoms with E-state index in [0.29, 0.717) is 34.1 Å². The molecule has 0 spiro atoms. The van der Waals surface area contributed by atoms with Gasteiger partial charge in [0.2, 0.25) is 0 Å². The first-order valence-electron chi connectivity index (χ1n) is 10.7. The van der Waals surface area contributed by atoms with Crippen LogP contribution >= 0.6 is 11.3 Å². The van der Waals surface area contributed by atoms with Gasteiger partial charge in [-0.15, -0.1) is 11.3 Å². The number of amides is 2. The van der Waals surface area contributed by atoms with Crippen LogP contribution in [0.4, 0.5) is 5.00 Å². The Morgan fingerprint density at radius 3 is 2.34 bits per heavy atom. The van der Waals surface area contributed by atoms with Gasteiger partial charge in [-0.1, -0.05) is 36.4 Å². The zero-order valence-electron chi connectivity index (χ0n) is 19.0. The summed E-state index contributed by atoms with van der Waals surface area (Å²) in [6.07, 6.45) is -0.328. The molecule has 0 atom stereocenters. The third-order valence-electron chi connectivity index (χ3n) is 5.20. The monoisotopic (exact) mass is 452 g/mol. The van der Waals surface area contributed by atoms with Gasteiger partial charge in [0, 0.05) is 18.7 Å². The van der Waals surface area contributed by atoms with Crippen LogP contribution in [0.5, 0.6) is 0 Å². The molecule has 0 aliphatic rings. The molecule has 6 nitrogen and oxygen atoms in total. The lowest BCUT2D eigenvalue weighted by molar-refractivity contribution is 0.0379. The quantitative estimate of drug-likeness (QED) is 0.480. The Hall–Kier alpha value is -3.19. The average Bonchev–Trinajstić information content (AvgIpc) is 3.09. The van der Waals surface area contributed by atoms with E-state index in [2.05, 4.69) is 5.32 Å². The number of fused-ring (bicyclic) bond motifs is 1. The molecule has 1 aromatic heterocycles. The van der Waals surface area contributed by atoms with Crippen LogP contribution in [-0.4, -0.2) is 41.9 Å². The highest BCUT2D eigenvalue weighted by Gasteiger charge is 2.29. The number of benzene rings is 2. The summed E-state index contributed by atoms with van der Waals surface area (Å²) >= 11 is 1.11. The number of thiophene rings is 1. The van der Waals surface area contributed by atoms with Crippen molar-refractivity contribution in [2.75, 3.05) is 18.4 Å². The molecule has 0 unspecified atom stereocenters. The number of nitrogens with one attached hydrogen (secondary N) is 1. The molecular weight excluding hydrogens is 424 g/mol. The van der Waals surface area contributed by atoms with Crippen molar-refractivity contribution in [2.24, 2.45) is 0 Å². The van der Waals surface area contributed by atoms with Gasteiger partial charge in [0.25, 0.3) is 11.8 Å². The summed E-state index contributed by atoms with van der Waals surface area (Å²) in [7, 11) is 0. The van der Waals surface area contributed by atoms with Gasteiger partial charge in [-0.25, -0.2) is 4.79 Å². The van der Waals surface area contributed by atoms with E-state index in [-0.39, 0.29) is 23.5 Å². The number of nitrogens with zero attached hydrogens (tertiary/aromatic N) is 1. The van der Waals surface area contributed by atoms with Gasteiger partial charge in [-0.05, 0) is 57.0 Å². The van der Waals surface area contributed by atoms with E-state index in [0.717, 1.165) is 22.1 Å². The Morgan fingerprint density at radius 1 is 1.03 bits per heavy atom. The van der Waals surface area contributed by atoms with Crippen molar-refractivity contribution < 1.29 is 19.1 Å². The molecule has 0 saturated heterocycles. The van der Waals surface area contributed by atoms with E-state index in [1.807, 2.05) is 50.2 Å². The average molecular weight is 453 g/mol. The minimum absolute atomic E-state index is 0.165. The fourth-order valence-electron chi connectivity index (χ4n) is 3.57. The smallest absolute Gasteiger partial charge is 0.341 e. The van der Waals surface area contributed by atoms with Gasteiger partial charge in [-0.3, -0.25) is 9.59 Å². The Kier molecular flexibility index (Phi) is 7.30. The molecule has 3 aromatic rings. The molecule has 168 valence electrons. The molecule has 0 aliphatic carbocycles. The summed E-state index contributed by atoms with van der Waals surface area (Å²) in [6, 6.07) is 13.1. The van der Waals surface area contributed by atoms with Crippen LogP contribution in [-0.2, 0) is 4.74 Å². The Balaban J connectivity index is 2.05. The Labute approximate surface area is 192 Å². The van der Waals surface area contributed by atoms with Gasteiger partial charge in [0.15, 0.2) is 0 Å². The number of esters is 1. The molecule has 0 saturated carbocycles. The van der Waals surface area contributed by atoms with Crippen molar-refractivity contribution in [3.8, 4) is 0 Å². The van der Waals surface area contributed by atoms with Crippen molar-refractivity contribution in [2.45, 2.75) is 40.7 Å². The zero-order valence-corrected chi connectivity index (χ0v) is 19.8. The standard InChI is InChI=1S/C25H28N2O4S/c1-6-27(7-2)24(29)21-16(5)20(25(30)31-15(3)4)23(32-21)26-22(28)19-14-10-12-17-11-8-9-13-18(17)19/h8-15H,6-7H2,1-5H3,(H,26,28). The van der Waals surface area contributed by atoms with E-state index in [4.69, 9.17) is 4.74 Å². The van der Waals surface area contributed by atoms with Crippen molar-refractivity contribution in [3.05, 3.63) is 64.0 Å². The fourth-order valence-corrected chi connectivity index (χ4v) is 4.73. The van der Waals surface area contributed by atoms with Crippen molar-refractivity contribution in [1.29, 1.82) is 0 Å². The second-order valence-electron chi connectivity index (χ2n) is 7.67. The van der Waals surface area contributed by atoms with Gasteiger partial charge >= 0.3 is 5.97 Å². The number of anilines is 1. The van der Waals surface area contributed by atoms with Crippen LogP contribution in [0.25, 0.3) is 10.8 Å². The minimum atomic E-state index is -0.555. The number of hydrogen-bond donors (Lipinski definition) is 1. The SMILES string of the molecule is CCN(CC)C(=O)c1sc(NC(=O)c2cccc3ccccc23)c(C(=O)OC(C)C)c1C. The third kappa shape index (κ3) is 4.67. The predicted molar refractivity (Wildman–Crippen MR) is 129 cm³/mol. The highest BCUT2D eigenvalue weighted by molar-refractivity contribution is 7.18. The fraction of sp³-hybridized carbons (Fsp3) is 0.320. The lowest BCUT2D eigenvalue weighted by atomic mass is 10.0. The van der Waals surface area contributed by atoms with E-state index in [9.17, 15) is 14.4 Å². The van der Waals surface area contributed by atoms with E-state index in [1.54, 1.807) is 31.7 Å². The lowest BCUT2D eigenvalue weighted by Crippen LogP contribution is -2.30. The summed E-state index contributed by atoms with van der Waals surface area (Å²) in [5.41, 5.74) is 1.24. The van der Waals surface area contributed by atoms with E-state index < -0.39 is 5.97 Å². The predicted octanol–water partition coefficient (Wildman–Crippen LogP) is 5.51. The molecule has 0 fully saturated rings. The summed E-state index contributed by atoms with van der Waals surface area (Å²) in [5, 5.41) is 4.95. The summed E-state index contributed by atoms with van der Waals surface area (Å²) in [6.45, 7) is 10.2. The Morgan fingerprint density at radius 2 is 1.69 bits per heavy atom. The number of rotatable bonds is 7. The van der Waals surface area contributed by atoms with Gasteiger partial charge in [-0.2, -0.15) is 0 Å². The summed E-state index contributed by atoms with van der Waals surface area (Å²) < 4.78 is 5.41. The van der Waals surface area contributed by atoms with Gasteiger partial charge < -0.3 is 15.0 Å². The van der Waals surface area contributed by atoms with Crippen LogP contribution in [0.3, 0.4) is 0 Å². The highest BCUT2D eigenvalue weighted by atomic mass is 32.1.